The third-order valence-corrected chi connectivity index (χ3v) is 9.31. The zero-order chi connectivity index (χ0) is 18.0. The first kappa shape index (κ1) is 17.6. The summed E-state index contributed by atoms with van der Waals surface area (Å²) in [6.45, 7) is 12.4. The quantitative estimate of drug-likeness (QED) is 0.584. The van der Waals surface area contributed by atoms with Gasteiger partial charge in [0.25, 0.3) is 0 Å². The van der Waals surface area contributed by atoms with Gasteiger partial charge < -0.3 is 0 Å². The molecular weight excluding hydrogens is 304 g/mol. The van der Waals surface area contributed by atoms with Crippen molar-refractivity contribution in [3.05, 3.63) is 23.8 Å². The second-order valence-electron chi connectivity index (χ2n) is 10.3. The smallest absolute Gasteiger partial charge is 0.178 e. The molecule has 4 rings (SSSR count). The van der Waals surface area contributed by atoms with E-state index in [0.717, 1.165) is 41.9 Å². The molecule has 0 bridgehead atoms. The molecule has 4 aliphatic carbocycles. The molecule has 0 aromatic carbocycles. The lowest BCUT2D eigenvalue weighted by Gasteiger charge is -2.59. The van der Waals surface area contributed by atoms with Gasteiger partial charge in [-0.15, -0.1) is 0 Å². The van der Waals surface area contributed by atoms with E-state index in [1.807, 2.05) is 12.2 Å². The van der Waals surface area contributed by atoms with Crippen molar-refractivity contribution in [1.82, 2.24) is 0 Å². The number of ketones is 1. The minimum atomic E-state index is 0.140. The Labute approximate surface area is 154 Å². The molecule has 0 spiro atoms. The summed E-state index contributed by atoms with van der Waals surface area (Å²) in [5, 5.41) is 0. The van der Waals surface area contributed by atoms with Crippen LogP contribution >= 0.6 is 0 Å². The van der Waals surface area contributed by atoms with Crippen LogP contribution in [-0.2, 0) is 4.79 Å². The van der Waals surface area contributed by atoms with Gasteiger partial charge in [-0.25, -0.2) is 0 Å². The minimum absolute atomic E-state index is 0.140. The number of allylic oxidation sites excluding steroid dienone is 4. The van der Waals surface area contributed by atoms with Crippen LogP contribution in [0.5, 0.6) is 0 Å². The van der Waals surface area contributed by atoms with Crippen LogP contribution in [0.3, 0.4) is 0 Å². The summed E-state index contributed by atoms with van der Waals surface area (Å²) in [6, 6.07) is 0. The van der Waals surface area contributed by atoms with Crippen LogP contribution in [0.2, 0.25) is 0 Å². The number of carbonyl (C=O) groups excluding carboxylic acids is 1. The highest BCUT2D eigenvalue weighted by atomic mass is 16.1. The van der Waals surface area contributed by atoms with Crippen molar-refractivity contribution < 1.29 is 4.79 Å². The van der Waals surface area contributed by atoms with Crippen molar-refractivity contribution in [3.63, 3.8) is 0 Å². The number of hydrogen-bond donors (Lipinski definition) is 0. The van der Waals surface area contributed by atoms with E-state index in [2.05, 4.69) is 40.7 Å². The van der Waals surface area contributed by atoms with Crippen LogP contribution in [0.15, 0.2) is 23.8 Å². The number of fused-ring (bicyclic) bond motifs is 5. The lowest BCUT2D eigenvalue weighted by molar-refractivity contribution is -0.111. The van der Waals surface area contributed by atoms with Crippen LogP contribution in [0, 0.1) is 46.3 Å². The lowest BCUT2D eigenvalue weighted by Crippen LogP contribution is -2.52. The van der Waals surface area contributed by atoms with E-state index in [1.54, 1.807) is 0 Å². The van der Waals surface area contributed by atoms with Crippen molar-refractivity contribution in [1.29, 1.82) is 0 Å². The Morgan fingerprint density at radius 2 is 1.96 bits per heavy atom. The van der Waals surface area contributed by atoms with Crippen molar-refractivity contribution >= 4 is 5.78 Å². The van der Waals surface area contributed by atoms with Gasteiger partial charge in [-0.3, -0.25) is 4.79 Å². The molecule has 3 saturated carbocycles. The molecule has 1 nitrogen and oxygen atoms in total. The topological polar surface area (TPSA) is 17.1 Å². The van der Waals surface area contributed by atoms with Crippen molar-refractivity contribution in [2.45, 2.75) is 73.1 Å². The van der Waals surface area contributed by atoms with Crippen molar-refractivity contribution in [2.75, 3.05) is 0 Å². The zero-order valence-corrected chi connectivity index (χ0v) is 16.8. The largest absolute Gasteiger partial charge is 0.290 e. The maximum atomic E-state index is 11.9. The Morgan fingerprint density at radius 3 is 2.68 bits per heavy atom. The van der Waals surface area contributed by atoms with Gasteiger partial charge in [0.05, 0.1) is 0 Å². The molecule has 0 aliphatic heterocycles. The average Bonchev–Trinajstić information content (AvgIpc) is 2.93. The lowest BCUT2D eigenvalue weighted by atomic mass is 9.45. The highest BCUT2D eigenvalue weighted by Gasteiger charge is 2.60. The van der Waals surface area contributed by atoms with Crippen molar-refractivity contribution in [3.8, 4) is 0 Å². The molecule has 0 aromatic heterocycles. The molecule has 3 fully saturated rings. The highest BCUT2D eigenvalue weighted by molar-refractivity contribution is 6.01. The van der Waals surface area contributed by atoms with Crippen molar-refractivity contribution in [2.24, 2.45) is 46.3 Å². The molecule has 138 valence electrons. The van der Waals surface area contributed by atoms with Crippen LogP contribution in [0.25, 0.3) is 0 Å². The van der Waals surface area contributed by atoms with E-state index in [9.17, 15) is 4.79 Å². The van der Waals surface area contributed by atoms with Gasteiger partial charge in [-0.05, 0) is 85.2 Å². The SMILES string of the molecule is CC[C@@H](C)[C@H]1CCC2C3C(C)CC4=CC(=O)C=C[C@]4(C)C3CC[C@@]21C. The van der Waals surface area contributed by atoms with Gasteiger partial charge in [0.15, 0.2) is 5.78 Å². The van der Waals surface area contributed by atoms with Gasteiger partial charge in [0.2, 0.25) is 0 Å². The predicted octanol–water partition coefficient (Wildman–Crippen LogP) is 6.20. The number of rotatable bonds is 2. The summed E-state index contributed by atoms with van der Waals surface area (Å²) in [7, 11) is 0. The standard InChI is InChI=1S/C24H36O/c1-6-15(2)19-7-8-20-22-16(3)13-17-14-18(25)9-11-23(17,4)21(22)10-12-24(19,20)5/h9,11,14-16,19-22H,6-8,10,12-13H2,1-5H3/t15-,16?,19-,20?,21?,22?,23+,24-/m1/s1. The van der Waals surface area contributed by atoms with E-state index >= 15 is 0 Å². The molecule has 4 unspecified atom stereocenters. The first-order chi connectivity index (χ1) is 11.8. The van der Waals surface area contributed by atoms with Gasteiger partial charge in [0, 0.05) is 5.41 Å². The maximum absolute atomic E-state index is 11.9. The fourth-order valence-electron chi connectivity index (χ4n) is 7.81. The number of carbonyl (C=O) groups is 1. The molecule has 0 amide bonds. The molecule has 0 aromatic rings. The molecule has 0 radical (unpaired) electrons. The molecule has 8 atom stereocenters. The molecule has 25 heavy (non-hydrogen) atoms. The molecule has 0 heterocycles. The second-order valence-corrected chi connectivity index (χ2v) is 10.3. The summed E-state index contributed by atoms with van der Waals surface area (Å²) in [5.41, 5.74) is 2.12. The van der Waals surface area contributed by atoms with Gasteiger partial charge in [0.1, 0.15) is 0 Å². The first-order valence-electron chi connectivity index (χ1n) is 10.8. The van der Waals surface area contributed by atoms with Crippen LogP contribution in [-0.4, -0.2) is 5.78 Å². The molecule has 1 heteroatoms. The van der Waals surface area contributed by atoms with E-state index in [4.69, 9.17) is 0 Å². The van der Waals surface area contributed by atoms with Crippen LogP contribution in [0.1, 0.15) is 73.1 Å². The third-order valence-electron chi connectivity index (χ3n) is 9.31. The maximum Gasteiger partial charge on any atom is 0.178 e. The average molecular weight is 341 g/mol. The highest BCUT2D eigenvalue weighted by Crippen LogP contribution is 2.68. The fraction of sp³-hybridized carbons (Fsp3) is 0.792. The van der Waals surface area contributed by atoms with E-state index < -0.39 is 0 Å². The molecular formula is C24H36O. The Morgan fingerprint density at radius 1 is 1.20 bits per heavy atom. The molecule has 0 saturated heterocycles. The summed E-state index contributed by atoms with van der Waals surface area (Å²) in [6.07, 6.45) is 14.2. The predicted molar refractivity (Wildman–Crippen MR) is 104 cm³/mol. The van der Waals surface area contributed by atoms with E-state index in [1.165, 1.54) is 37.7 Å². The Balaban J connectivity index is 1.69. The Kier molecular flexibility index (Phi) is 4.09. The summed E-state index contributed by atoms with van der Waals surface area (Å²) in [5.74, 6) is 5.19. The zero-order valence-electron chi connectivity index (χ0n) is 16.8. The van der Waals surface area contributed by atoms with Gasteiger partial charge in [-0.1, -0.05) is 52.7 Å². The fourth-order valence-corrected chi connectivity index (χ4v) is 7.81. The third kappa shape index (κ3) is 2.37. The first-order valence-corrected chi connectivity index (χ1v) is 10.8. The Bertz CT molecular complexity index is 628. The summed E-state index contributed by atoms with van der Waals surface area (Å²) < 4.78 is 0. The molecule has 0 N–H and O–H groups in total. The Hall–Kier alpha value is -0.850. The number of hydrogen-bond acceptors (Lipinski definition) is 1. The van der Waals surface area contributed by atoms with Gasteiger partial charge in [-0.2, -0.15) is 0 Å². The van der Waals surface area contributed by atoms with Gasteiger partial charge >= 0.3 is 0 Å². The minimum Gasteiger partial charge on any atom is -0.290 e. The summed E-state index contributed by atoms with van der Waals surface area (Å²) >= 11 is 0. The van der Waals surface area contributed by atoms with E-state index in [0.29, 0.717) is 5.41 Å². The van der Waals surface area contributed by atoms with Crippen LogP contribution < -0.4 is 0 Å². The summed E-state index contributed by atoms with van der Waals surface area (Å²) in [4.78, 5) is 11.9. The van der Waals surface area contributed by atoms with Crippen LogP contribution in [0.4, 0.5) is 0 Å². The second kappa shape index (κ2) is 5.83. The normalized spacial score (nSPS) is 49.9. The monoisotopic (exact) mass is 340 g/mol. The van der Waals surface area contributed by atoms with E-state index in [-0.39, 0.29) is 11.2 Å². The molecule has 4 aliphatic rings.